The van der Waals surface area contributed by atoms with Gasteiger partial charge in [-0.15, -0.1) is 0 Å². The normalized spacial score (nSPS) is 10.7. The first-order chi connectivity index (χ1) is 12.2. The molecule has 7 heteroatoms. The van der Waals surface area contributed by atoms with Gasteiger partial charge in [0.05, 0.1) is 17.6 Å². The first kappa shape index (κ1) is 19.4. The van der Waals surface area contributed by atoms with Gasteiger partial charge in [0.2, 0.25) is 0 Å². The maximum atomic E-state index is 11.3. The van der Waals surface area contributed by atoms with Gasteiger partial charge >= 0.3 is 5.97 Å². The highest BCUT2D eigenvalue weighted by Crippen LogP contribution is 2.21. The van der Waals surface area contributed by atoms with E-state index in [0.29, 0.717) is 5.56 Å². The van der Waals surface area contributed by atoms with Crippen molar-refractivity contribution in [2.45, 2.75) is 11.8 Å². The minimum absolute atomic E-state index is 0.0666. The third-order valence-electron chi connectivity index (χ3n) is 3.56. The van der Waals surface area contributed by atoms with Gasteiger partial charge in [-0.05, 0) is 54.1 Å². The highest BCUT2D eigenvalue weighted by molar-refractivity contribution is 7.85. The van der Waals surface area contributed by atoms with Crippen molar-refractivity contribution in [3.63, 3.8) is 0 Å². The fourth-order valence-corrected chi connectivity index (χ4v) is 2.67. The van der Waals surface area contributed by atoms with Gasteiger partial charge in [0.15, 0.2) is 0 Å². The van der Waals surface area contributed by atoms with Gasteiger partial charge in [-0.25, -0.2) is 4.79 Å². The van der Waals surface area contributed by atoms with Crippen LogP contribution in [0.4, 0.5) is 0 Å². The number of benzene rings is 3. The first-order valence-corrected chi connectivity index (χ1v) is 9.00. The molecule has 0 radical (unpaired) electrons. The molecule has 0 unspecified atom stereocenters. The van der Waals surface area contributed by atoms with Crippen LogP contribution in [0.15, 0.2) is 65.6 Å². The van der Waals surface area contributed by atoms with E-state index >= 15 is 0 Å². The molecular formula is C19H18O6S. The first-order valence-electron chi connectivity index (χ1n) is 7.56. The van der Waals surface area contributed by atoms with Gasteiger partial charge in [0.1, 0.15) is 5.75 Å². The monoisotopic (exact) mass is 374 g/mol. The lowest BCUT2D eigenvalue weighted by molar-refractivity contribution is 0.0601. The summed E-state index contributed by atoms with van der Waals surface area (Å²) in [6.07, 6.45) is 0. The number of hydrogen-bond acceptors (Lipinski definition) is 5. The van der Waals surface area contributed by atoms with Crippen LogP contribution in [0, 0.1) is 6.92 Å². The Bertz CT molecular complexity index is 1020. The summed E-state index contributed by atoms with van der Waals surface area (Å²) >= 11 is 0. The molecule has 0 heterocycles. The number of hydrogen-bond donors (Lipinski definition) is 2. The standard InChI is InChI=1S/C12H10O3.C7H8O3S/c1-15-12(14)10-3-2-9-7-11(13)5-4-8(9)6-10;1-6-2-4-7(5-3-6)11(8,9)10/h2-7,13H,1H3;2-5H,1H3,(H,8,9,10). The van der Waals surface area contributed by atoms with E-state index in [-0.39, 0.29) is 16.6 Å². The fourth-order valence-electron chi connectivity index (χ4n) is 2.19. The maximum Gasteiger partial charge on any atom is 0.337 e. The van der Waals surface area contributed by atoms with Crippen molar-refractivity contribution >= 4 is 26.9 Å². The average Bonchev–Trinajstić information content (AvgIpc) is 2.60. The molecule has 0 spiro atoms. The van der Waals surface area contributed by atoms with Crippen molar-refractivity contribution < 1.29 is 27.6 Å². The van der Waals surface area contributed by atoms with Gasteiger partial charge in [-0.1, -0.05) is 29.8 Å². The average molecular weight is 374 g/mol. The van der Waals surface area contributed by atoms with Crippen LogP contribution >= 0.6 is 0 Å². The number of carbonyl (C=O) groups is 1. The quantitative estimate of drug-likeness (QED) is 0.525. The van der Waals surface area contributed by atoms with Crippen LogP contribution in [0.5, 0.6) is 5.75 Å². The van der Waals surface area contributed by atoms with Gasteiger partial charge in [0, 0.05) is 0 Å². The summed E-state index contributed by atoms with van der Waals surface area (Å²) in [6, 6.07) is 16.2. The largest absolute Gasteiger partial charge is 0.508 e. The third-order valence-corrected chi connectivity index (χ3v) is 4.43. The number of ether oxygens (including phenoxy) is 1. The number of phenols is 1. The number of rotatable bonds is 2. The van der Waals surface area contributed by atoms with Crippen LogP contribution in [0.1, 0.15) is 15.9 Å². The third kappa shape index (κ3) is 5.05. The van der Waals surface area contributed by atoms with Crippen LogP contribution in [-0.4, -0.2) is 31.2 Å². The molecule has 2 N–H and O–H groups in total. The van der Waals surface area contributed by atoms with Gasteiger partial charge in [-0.3, -0.25) is 4.55 Å². The highest BCUT2D eigenvalue weighted by Gasteiger charge is 2.07. The number of carbonyl (C=O) groups excluding carboxylic acids is 1. The molecule has 0 aromatic heterocycles. The lowest BCUT2D eigenvalue weighted by Gasteiger charge is -2.02. The molecule has 0 aliphatic heterocycles. The summed E-state index contributed by atoms with van der Waals surface area (Å²) in [7, 11) is -2.67. The highest BCUT2D eigenvalue weighted by atomic mass is 32.2. The minimum Gasteiger partial charge on any atom is -0.508 e. The Hall–Kier alpha value is -2.90. The summed E-state index contributed by atoms with van der Waals surface area (Å²) in [4.78, 5) is 11.2. The molecule has 26 heavy (non-hydrogen) atoms. The lowest BCUT2D eigenvalue weighted by Crippen LogP contribution is -2.00. The zero-order valence-electron chi connectivity index (χ0n) is 14.2. The van der Waals surface area contributed by atoms with Gasteiger partial charge in [0.25, 0.3) is 10.1 Å². The van der Waals surface area contributed by atoms with Gasteiger partial charge < -0.3 is 9.84 Å². The second-order valence-corrected chi connectivity index (χ2v) is 6.95. The maximum absolute atomic E-state index is 11.3. The van der Waals surface area contributed by atoms with E-state index in [1.54, 1.807) is 48.5 Å². The Balaban J connectivity index is 0.000000197. The van der Waals surface area contributed by atoms with E-state index in [1.807, 2.05) is 6.92 Å². The number of fused-ring (bicyclic) bond motifs is 1. The Morgan fingerprint density at radius 1 is 0.923 bits per heavy atom. The lowest BCUT2D eigenvalue weighted by atomic mass is 10.1. The van der Waals surface area contributed by atoms with Crippen molar-refractivity contribution in [1.29, 1.82) is 0 Å². The summed E-state index contributed by atoms with van der Waals surface area (Å²) < 4.78 is 34.2. The van der Waals surface area contributed by atoms with Crippen molar-refractivity contribution in [2.75, 3.05) is 7.11 Å². The summed E-state index contributed by atoms with van der Waals surface area (Å²) in [6.45, 7) is 1.84. The number of methoxy groups -OCH3 is 1. The van der Waals surface area contributed by atoms with Crippen molar-refractivity contribution in [1.82, 2.24) is 0 Å². The summed E-state index contributed by atoms with van der Waals surface area (Å²) in [5, 5.41) is 11.1. The van der Waals surface area contributed by atoms with E-state index in [9.17, 15) is 18.3 Å². The summed E-state index contributed by atoms with van der Waals surface area (Å²) in [5.41, 5.74) is 1.47. The molecule has 3 aromatic carbocycles. The Kier molecular flexibility index (Phi) is 5.97. The fraction of sp³-hybridized carbons (Fsp3) is 0.105. The van der Waals surface area contributed by atoms with Crippen molar-refractivity contribution in [2.24, 2.45) is 0 Å². The molecule has 0 bridgehead atoms. The molecule has 3 rings (SSSR count). The number of aromatic hydroxyl groups is 1. The Labute approximate surface area is 151 Å². The summed E-state index contributed by atoms with van der Waals surface area (Å²) in [5.74, 6) is -0.140. The minimum atomic E-state index is -4.02. The van der Waals surface area contributed by atoms with E-state index in [0.717, 1.165) is 16.3 Å². The molecule has 0 aliphatic carbocycles. The van der Waals surface area contributed by atoms with E-state index in [1.165, 1.54) is 19.2 Å². The predicted molar refractivity (Wildman–Crippen MR) is 97.9 cm³/mol. The molecule has 136 valence electrons. The molecule has 0 amide bonds. The van der Waals surface area contributed by atoms with E-state index in [2.05, 4.69) is 4.74 Å². The second kappa shape index (κ2) is 7.99. The van der Waals surface area contributed by atoms with E-state index < -0.39 is 10.1 Å². The predicted octanol–water partition coefficient (Wildman–Crippen LogP) is 3.57. The Morgan fingerprint density at radius 2 is 1.50 bits per heavy atom. The van der Waals surface area contributed by atoms with Crippen molar-refractivity contribution in [3.05, 3.63) is 71.8 Å². The SMILES string of the molecule is COC(=O)c1ccc2cc(O)ccc2c1.Cc1ccc(S(=O)(=O)O)cc1. The van der Waals surface area contributed by atoms with Crippen LogP contribution in [0.3, 0.4) is 0 Å². The zero-order chi connectivity index (χ0) is 19.3. The molecule has 0 atom stereocenters. The van der Waals surface area contributed by atoms with Gasteiger partial charge in [-0.2, -0.15) is 8.42 Å². The number of esters is 1. The number of phenolic OH excluding ortho intramolecular Hbond substituents is 1. The van der Waals surface area contributed by atoms with Crippen LogP contribution < -0.4 is 0 Å². The van der Waals surface area contributed by atoms with Crippen LogP contribution in [-0.2, 0) is 14.9 Å². The molecule has 6 nitrogen and oxygen atoms in total. The molecule has 0 saturated carbocycles. The molecule has 0 fully saturated rings. The zero-order valence-corrected chi connectivity index (χ0v) is 15.0. The number of aryl methyl sites for hydroxylation is 1. The second-order valence-electron chi connectivity index (χ2n) is 5.53. The topological polar surface area (TPSA) is 101 Å². The molecule has 0 saturated heterocycles. The smallest absolute Gasteiger partial charge is 0.337 e. The van der Waals surface area contributed by atoms with E-state index in [4.69, 9.17) is 4.55 Å². The van der Waals surface area contributed by atoms with Crippen LogP contribution in [0.25, 0.3) is 10.8 Å². The Morgan fingerprint density at radius 3 is 2.08 bits per heavy atom. The van der Waals surface area contributed by atoms with Crippen LogP contribution in [0.2, 0.25) is 0 Å². The molecule has 3 aromatic rings. The molecule has 0 aliphatic rings. The van der Waals surface area contributed by atoms with Crippen molar-refractivity contribution in [3.8, 4) is 5.75 Å². The molecular weight excluding hydrogens is 356 g/mol.